The van der Waals surface area contributed by atoms with E-state index in [0.29, 0.717) is 35.4 Å². The predicted molar refractivity (Wildman–Crippen MR) is 107 cm³/mol. The van der Waals surface area contributed by atoms with Crippen molar-refractivity contribution in [1.82, 2.24) is 0 Å². The van der Waals surface area contributed by atoms with Gasteiger partial charge in [0.1, 0.15) is 0 Å². The summed E-state index contributed by atoms with van der Waals surface area (Å²) in [7, 11) is 0. The average molecular weight is 479 g/mol. The molecule has 2 rings (SSSR count). The van der Waals surface area contributed by atoms with Crippen LogP contribution in [0.3, 0.4) is 0 Å². The fourth-order valence-corrected chi connectivity index (χ4v) is 2.95. The lowest BCUT2D eigenvalue weighted by Gasteiger charge is -2.19. The lowest BCUT2D eigenvalue weighted by Crippen LogP contribution is -2.10. The maximum atomic E-state index is 12.2. The molecule has 0 aromatic heterocycles. The third-order valence-corrected chi connectivity index (χ3v) is 4.41. The van der Waals surface area contributed by atoms with Crippen LogP contribution < -0.4 is 14.2 Å². The second-order valence-electron chi connectivity index (χ2n) is 5.16. The lowest BCUT2D eigenvalue weighted by molar-refractivity contribution is -0.134. The van der Waals surface area contributed by atoms with Gasteiger partial charge in [-0.1, -0.05) is 34.2 Å². The van der Waals surface area contributed by atoms with Gasteiger partial charge in [0.05, 0.1) is 13.2 Å². The molecule has 7 heteroatoms. The Morgan fingerprint density at radius 1 is 1.12 bits per heavy atom. The third-order valence-electron chi connectivity index (χ3n) is 3.42. The average Bonchev–Trinajstić information content (AvgIpc) is 2.59. The zero-order chi connectivity index (χ0) is 18.4. The first-order chi connectivity index (χ1) is 12.0. The smallest absolute Gasteiger partial charge is 0.311 e. The number of fused-ring (bicyclic) bond motifs is 1. The number of ether oxygens (including phenoxy) is 3. The Bertz CT molecular complexity index is 763. The number of halogens is 2. The quantitative estimate of drug-likeness (QED) is 0.247. The van der Waals surface area contributed by atoms with Gasteiger partial charge in [-0.25, -0.2) is 0 Å². The molecule has 0 aliphatic carbocycles. The lowest BCUT2D eigenvalue weighted by atomic mass is 10.1. The van der Waals surface area contributed by atoms with Crippen LogP contribution in [0.2, 0.25) is 5.02 Å². The largest absolute Gasteiger partial charge is 0.504 e. The molecule has 0 aliphatic rings. The van der Waals surface area contributed by atoms with Crippen LogP contribution in [0.1, 0.15) is 26.7 Å². The highest BCUT2D eigenvalue weighted by Gasteiger charge is 2.25. The Morgan fingerprint density at radius 2 is 1.80 bits per heavy atom. The number of esters is 1. The summed E-state index contributed by atoms with van der Waals surface area (Å²) in [5.41, 5.74) is 0. The van der Waals surface area contributed by atoms with Crippen molar-refractivity contribution in [2.24, 2.45) is 0 Å². The Kier molecular flexibility index (Phi) is 7.43. The van der Waals surface area contributed by atoms with Crippen LogP contribution in [-0.4, -0.2) is 28.7 Å². The highest BCUT2D eigenvalue weighted by molar-refractivity contribution is 14.1. The van der Waals surface area contributed by atoms with Crippen LogP contribution in [0.15, 0.2) is 18.2 Å². The molecule has 0 bridgehead atoms. The maximum Gasteiger partial charge on any atom is 0.311 e. The minimum Gasteiger partial charge on any atom is -0.504 e. The molecule has 0 radical (unpaired) electrons. The van der Waals surface area contributed by atoms with Gasteiger partial charge in [0.25, 0.3) is 0 Å². The number of carbonyl (C=O) groups is 1. The van der Waals surface area contributed by atoms with Gasteiger partial charge >= 0.3 is 5.97 Å². The second kappa shape index (κ2) is 9.33. The van der Waals surface area contributed by atoms with E-state index in [0.717, 1.165) is 10.8 Å². The van der Waals surface area contributed by atoms with E-state index in [1.807, 2.05) is 0 Å². The van der Waals surface area contributed by atoms with E-state index in [-0.39, 0.29) is 29.0 Å². The molecule has 0 unspecified atom stereocenters. The molecule has 0 heterocycles. The molecule has 0 aliphatic heterocycles. The number of phenolic OH excluding ortho intramolecular Hbond substituents is 1. The minimum absolute atomic E-state index is 0.0657. The third kappa shape index (κ3) is 4.61. The number of benzene rings is 2. The van der Waals surface area contributed by atoms with Crippen LogP contribution in [0, 0.1) is 0 Å². The van der Waals surface area contributed by atoms with Gasteiger partial charge in [-0.15, -0.1) is 0 Å². The minimum atomic E-state index is -0.368. The molecule has 0 saturated heterocycles. The molecule has 0 fully saturated rings. The van der Waals surface area contributed by atoms with E-state index >= 15 is 0 Å². The molecule has 0 amide bonds. The molecule has 25 heavy (non-hydrogen) atoms. The normalized spacial score (nSPS) is 10.7. The number of rotatable bonds is 8. The first kappa shape index (κ1) is 19.9. The van der Waals surface area contributed by atoms with Crippen molar-refractivity contribution in [1.29, 1.82) is 0 Å². The van der Waals surface area contributed by atoms with Crippen molar-refractivity contribution in [3.8, 4) is 23.0 Å². The van der Waals surface area contributed by atoms with E-state index in [4.69, 9.17) is 25.8 Å². The van der Waals surface area contributed by atoms with E-state index in [1.54, 1.807) is 32.0 Å². The summed E-state index contributed by atoms with van der Waals surface area (Å²) in [6.07, 6.45) is 1.01. The molecule has 2 aromatic rings. The molecule has 1 N–H and O–H groups in total. The van der Waals surface area contributed by atoms with Crippen LogP contribution in [0.25, 0.3) is 10.8 Å². The first-order valence-electron chi connectivity index (χ1n) is 8.03. The van der Waals surface area contributed by atoms with Crippen molar-refractivity contribution >= 4 is 50.9 Å². The van der Waals surface area contributed by atoms with E-state index in [2.05, 4.69) is 22.6 Å². The standard InChI is InChI=1S/C18H20ClIO5/c1-3-23-17-15(22)12-8-7-11(19)10-13(12)16(18(17)24-4-2)25-14(21)6-5-9-20/h7-8,10,22H,3-6,9H2,1-2H3. The van der Waals surface area contributed by atoms with Crippen molar-refractivity contribution in [2.45, 2.75) is 26.7 Å². The molecule has 0 atom stereocenters. The van der Waals surface area contributed by atoms with Crippen LogP contribution in [0.5, 0.6) is 23.0 Å². The summed E-state index contributed by atoms with van der Waals surface area (Å²) in [6, 6.07) is 4.95. The Labute approximate surface area is 165 Å². The van der Waals surface area contributed by atoms with E-state index in [1.165, 1.54) is 0 Å². The number of hydrogen-bond acceptors (Lipinski definition) is 5. The van der Waals surface area contributed by atoms with Crippen LogP contribution >= 0.6 is 34.2 Å². The van der Waals surface area contributed by atoms with Crippen molar-refractivity contribution in [3.05, 3.63) is 23.2 Å². The summed E-state index contributed by atoms with van der Waals surface area (Å²) >= 11 is 8.31. The predicted octanol–water partition coefficient (Wildman–Crippen LogP) is 5.12. The number of carbonyl (C=O) groups excluding carboxylic acids is 1. The Balaban J connectivity index is 2.67. The SMILES string of the molecule is CCOc1c(OCC)c(OC(=O)CCCI)c2cc(Cl)ccc2c1O. The second-order valence-corrected chi connectivity index (χ2v) is 6.67. The number of aromatic hydroxyl groups is 1. The van der Waals surface area contributed by atoms with Gasteiger partial charge in [0.2, 0.25) is 11.5 Å². The van der Waals surface area contributed by atoms with Gasteiger partial charge in [0, 0.05) is 26.6 Å². The summed E-state index contributed by atoms with van der Waals surface area (Å²) in [5.74, 6) is 0.158. The van der Waals surface area contributed by atoms with Crippen LogP contribution in [0.4, 0.5) is 0 Å². The summed E-state index contributed by atoms with van der Waals surface area (Å²) in [5, 5.41) is 12.0. The highest BCUT2D eigenvalue weighted by Crippen LogP contribution is 2.51. The van der Waals surface area contributed by atoms with Gasteiger partial charge in [-0.05, 0) is 38.5 Å². The van der Waals surface area contributed by atoms with Crippen molar-refractivity contribution < 1.29 is 24.1 Å². The van der Waals surface area contributed by atoms with Gasteiger partial charge in [-0.2, -0.15) is 0 Å². The number of phenols is 1. The molecule has 136 valence electrons. The van der Waals surface area contributed by atoms with Gasteiger partial charge in [0.15, 0.2) is 11.5 Å². The fourth-order valence-electron chi connectivity index (χ4n) is 2.40. The van der Waals surface area contributed by atoms with Crippen molar-refractivity contribution in [3.63, 3.8) is 0 Å². The topological polar surface area (TPSA) is 65.0 Å². The summed E-state index contributed by atoms with van der Waals surface area (Å²) in [4.78, 5) is 12.2. The Hall–Kier alpha value is -1.41. The molecule has 0 saturated carbocycles. The van der Waals surface area contributed by atoms with E-state index in [9.17, 15) is 9.90 Å². The number of alkyl halides is 1. The molecule has 5 nitrogen and oxygen atoms in total. The Morgan fingerprint density at radius 3 is 2.44 bits per heavy atom. The summed E-state index contributed by atoms with van der Waals surface area (Å²) < 4.78 is 17.7. The van der Waals surface area contributed by atoms with Gasteiger partial charge in [-0.3, -0.25) is 4.79 Å². The first-order valence-corrected chi connectivity index (χ1v) is 9.94. The van der Waals surface area contributed by atoms with E-state index < -0.39 is 0 Å². The number of hydrogen-bond donors (Lipinski definition) is 1. The highest BCUT2D eigenvalue weighted by atomic mass is 127. The zero-order valence-electron chi connectivity index (χ0n) is 14.1. The van der Waals surface area contributed by atoms with Crippen molar-refractivity contribution in [2.75, 3.05) is 17.6 Å². The zero-order valence-corrected chi connectivity index (χ0v) is 17.0. The summed E-state index contributed by atoms with van der Waals surface area (Å²) in [6.45, 7) is 4.25. The molecular weight excluding hydrogens is 459 g/mol. The van der Waals surface area contributed by atoms with Crippen LogP contribution in [-0.2, 0) is 4.79 Å². The molecule has 2 aromatic carbocycles. The molecule has 0 spiro atoms. The monoisotopic (exact) mass is 478 g/mol. The van der Waals surface area contributed by atoms with Gasteiger partial charge < -0.3 is 19.3 Å². The maximum absolute atomic E-state index is 12.2. The molecular formula is C18H20ClIO5. The fraction of sp³-hybridized carbons (Fsp3) is 0.389.